The summed E-state index contributed by atoms with van der Waals surface area (Å²) in [6, 6.07) is 8.24. The second-order valence-electron chi connectivity index (χ2n) is 7.80. The summed E-state index contributed by atoms with van der Waals surface area (Å²) in [4.78, 5) is 35.8. The zero-order valence-corrected chi connectivity index (χ0v) is 17.7. The number of hydrogen-bond donors (Lipinski definition) is 0. The van der Waals surface area contributed by atoms with Gasteiger partial charge in [-0.1, -0.05) is 25.5 Å². The predicted octanol–water partition coefficient (Wildman–Crippen LogP) is 3.19. The van der Waals surface area contributed by atoms with Gasteiger partial charge in [0.2, 0.25) is 11.8 Å². The number of benzene rings is 1. The molecule has 4 rings (SSSR count). The predicted molar refractivity (Wildman–Crippen MR) is 116 cm³/mol. The summed E-state index contributed by atoms with van der Waals surface area (Å²) in [5, 5.41) is 2.99. The molecule has 1 atom stereocenters. The van der Waals surface area contributed by atoms with E-state index in [-0.39, 0.29) is 17.7 Å². The van der Waals surface area contributed by atoms with Crippen LogP contribution in [0.5, 0.6) is 0 Å². The number of nitrogens with zero attached hydrogens (tertiary/aromatic N) is 4. The summed E-state index contributed by atoms with van der Waals surface area (Å²) in [5.41, 5.74) is 2.20. The van der Waals surface area contributed by atoms with Gasteiger partial charge in [-0.05, 0) is 30.5 Å². The molecule has 2 amide bonds. The van der Waals surface area contributed by atoms with Gasteiger partial charge in [-0.3, -0.25) is 9.59 Å². The van der Waals surface area contributed by atoms with Crippen molar-refractivity contribution >= 4 is 34.0 Å². The SMILES string of the molecule is CCCCc1ccc(N2CC(C(=O)N3CCN(c4nccs4)CC3)CC2=O)cc1. The van der Waals surface area contributed by atoms with Crippen molar-refractivity contribution in [1.29, 1.82) is 0 Å². The average molecular weight is 413 g/mol. The summed E-state index contributed by atoms with van der Waals surface area (Å²) in [7, 11) is 0. The normalized spacial score (nSPS) is 19.8. The van der Waals surface area contributed by atoms with Crippen LogP contribution in [0.3, 0.4) is 0 Å². The molecular formula is C22H28N4O2S. The van der Waals surface area contributed by atoms with Gasteiger partial charge in [0.05, 0.1) is 5.92 Å². The van der Waals surface area contributed by atoms with Crippen LogP contribution >= 0.6 is 11.3 Å². The second kappa shape index (κ2) is 8.95. The van der Waals surface area contributed by atoms with Crippen LogP contribution < -0.4 is 9.80 Å². The summed E-state index contributed by atoms with van der Waals surface area (Å²) in [6.45, 7) is 5.64. The third-order valence-electron chi connectivity index (χ3n) is 5.82. The van der Waals surface area contributed by atoms with E-state index >= 15 is 0 Å². The molecule has 0 radical (unpaired) electrons. The smallest absolute Gasteiger partial charge is 0.228 e. The maximum atomic E-state index is 13.0. The Kier molecular flexibility index (Phi) is 6.13. The molecule has 2 saturated heterocycles. The Morgan fingerprint density at radius 2 is 1.93 bits per heavy atom. The number of aryl methyl sites for hydroxylation is 1. The highest BCUT2D eigenvalue weighted by molar-refractivity contribution is 7.13. The molecule has 0 N–H and O–H groups in total. The van der Waals surface area contributed by atoms with E-state index in [0.717, 1.165) is 30.3 Å². The van der Waals surface area contributed by atoms with Gasteiger partial charge in [-0.25, -0.2) is 4.98 Å². The van der Waals surface area contributed by atoms with Crippen molar-refractivity contribution in [2.75, 3.05) is 42.5 Å². The van der Waals surface area contributed by atoms with Crippen LogP contribution in [0.25, 0.3) is 0 Å². The highest BCUT2D eigenvalue weighted by Gasteiger charge is 2.38. The first-order valence-electron chi connectivity index (χ1n) is 10.5. The summed E-state index contributed by atoms with van der Waals surface area (Å²) < 4.78 is 0. The molecule has 0 spiro atoms. The molecule has 2 aliphatic heterocycles. The van der Waals surface area contributed by atoms with Crippen molar-refractivity contribution in [3.05, 3.63) is 41.4 Å². The number of aromatic nitrogens is 1. The van der Waals surface area contributed by atoms with Crippen LogP contribution in [-0.2, 0) is 16.0 Å². The lowest BCUT2D eigenvalue weighted by Crippen LogP contribution is -2.50. The molecular weight excluding hydrogens is 384 g/mol. The fourth-order valence-electron chi connectivity index (χ4n) is 4.09. The van der Waals surface area contributed by atoms with E-state index in [2.05, 4.69) is 28.9 Å². The van der Waals surface area contributed by atoms with Crippen LogP contribution in [-0.4, -0.2) is 54.4 Å². The van der Waals surface area contributed by atoms with E-state index in [1.54, 1.807) is 16.2 Å². The Labute approximate surface area is 176 Å². The molecule has 2 aliphatic rings. The van der Waals surface area contributed by atoms with E-state index in [4.69, 9.17) is 0 Å². The van der Waals surface area contributed by atoms with Gasteiger partial charge in [-0.15, -0.1) is 11.3 Å². The van der Waals surface area contributed by atoms with E-state index in [9.17, 15) is 9.59 Å². The quantitative estimate of drug-likeness (QED) is 0.731. The number of thiazole rings is 1. The minimum atomic E-state index is -0.242. The van der Waals surface area contributed by atoms with Crippen molar-refractivity contribution in [3.8, 4) is 0 Å². The summed E-state index contributed by atoms with van der Waals surface area (Å²) >= 11 is 1.63. The largest absolute Gasteiger partial charge is 0.345 e. The average Bonchev–Trinajstić information content (AvgIpc) is 3.42. The number of carbonyl (C=O) groups excluding carboxylic acids is 2. The van der Waals surface area contributed by atoms with E-state index in [1.165, 1.54) is 18.4 Å². The van der Waals surface area contributed by atoms with Crippen molar-refractivity contribution < 1.29 is 9.59 Å². The van der Waals surface area contributed by atoms with Gasteiger partial charge in [0.15, 0.2) is 5.13 Å². The highest BCUT2D eigenvalue weighted by Crippen LogP contribution is 2.28. The van der Waals surface area contributed by atoms with Crippen molar-refractivity contribution in [3.63, 3.8) is 0 Å². The van der Waals surface area contributed by atoms with Gasteiger partial charge < -0.3 is 14.7 Å². The number of hydrogen-bond acceptors (Lipinski definition) is 5. The van der Waals surface area contributed by atoms with Crippen LogP contribution in [0.1, 0.15) is 31.7 Å². The van der Waals surface area contributed by atoms with Gasteiger partial charge in [0.1, 0.15) is 0 Å². The van der Waals surface area contributed by atoms with Crippen molar-refractivity contribution in [1.82, 2.24) is 9.88 Å². The standard InChI is InChI=1S/C22H28N4O2S/c1-2-3-4-17-5-7-19(8-6-17)26-16-18(15-20(26)27)21(28)24-10-12-25(13-11-24)22-23-9-14-29-22/h5-9,14,18H,2-4,10-13,15-16H2,1H3. The van der Waals surface area contributed by atoms with Crippen LogP contribution in [0.4, 0.5) is 10.8 Å². The van der Waals surface area contributed by atoms with Crippen LogP contribution in [0.15, 0.2) is 35.8 Å². The molecule has 1 aromatic carbocycles. The van der Waals surface area contributed by atoms with E-state index in [1.807, 2.05) is 28.6 Å². The zero-order chi connectivity index (χ0) is 20.2. The third-order valence-corrected chi connectivity index (χ3v) is 6.65. The number of carbonyl (C=O) groups is 2. The molecule has 29 heavy (non-hydrogen) atoms. The number of anilines is 2. The molecule has 1 unspecified atom stereocenters. The first-order chi connectivity index (χ1) is 14.2. The Bertz CT molecular complexity index is 829. The molecule has 2 fully saturated rings. The number of rotatable bonds is 6. The maximum Gasteiger partial charge on any atom is 0.228 e. The van der Waals surface area contributed by atoms with E-state index in [0.29, 0.717) is 26.1 Å². The molecule has 2 aromatic rings. The molecule has 6 nitrogen and oxygen atoms in total. The van der Waals surface area contributed by atoms with Gasteiger partial charge in [-0.2, -0.15) is 0 Å². The summed E-state index contributed by atoms with van der Waals surface area (Å²) in [6.07, 6.45) is 5.54. The topological polar surface area (TPSA) is 56.8 Å². The number of piperazine rings is 1. The molecule has 0 bridgehead atoms. The Morgan fingerprint density at radius 1 is 1.17 bits per heavy atom. The first-order valence-corrected chi connectivity index (χ1v) is 11.4. The molecule has 7 heteroatoms. The Balaban J connectivity index is 1.33. The second-order valence-corrected chi connectivity index (χ2v) is 8.68. The molecule has 154 valence electrons. The lowest BCUT2D eigenvalue weighted by atomic mass is 10.1. The molecule has 0 saturated carbocycles. The third kappa shape index (κ3) is 4.45. The maximum absolute atomic E-state index is 13.0. The van der Waals surface area contributed by atoms with Crippen molar-refractivity contribution in [2.45, 2.75) is 32.6 Å². The Hall–Kier alpha value is -2.41. The fraction of sp³-hybridized carbons (Fsp3) is 0.500. The fourth-order valence-corrected chi connectivity index (χ4v) is 4.79. The highest BCUT2D eigenvalue weighted by atomic mass is 32.1. The van der Waals surface area contributed by atoms with Crippen LogP contribution in [0, 0.1) is 5.92 Å². The monoisotopic (exact) mass is 412 g/mol. The Morgan fingerprint density at radius 3 is 2.59 bits per heavy atom. The van der Waals surface area contributed by atoms with Crippen molar-refractivity contribution in [2.24, 2.45) is 5.92 Å². The van der Waals surface area contributed by atoms with Crippen LogP contribution in [0.2, 0.25) is 0 Å². The van der Waals surface area contributed by atoms with Gasteiger partial charge >= 0.3 is 0 Å². The van der Waals surface area contributed by atoms with Gasteiger partial charge in [0.25, 0.3) is 0 Å². The minimum absolute atomic E-state index is 0.0473. The molecule has 0 aliphatic carbocycles. The molecule has 1 aromatic heterocycles. The van der Waals surface area contributed by atoms with E-state index < -0.39 is 0 Å². The number of amides is 2. The van der Waals surface area contributed by atoms with Gasteiger partial charge in [0, 0.05) is 56.4 Å². The molecule has 3 heterocycles. The summed E-state index contributed by atoms with van der Waals surface area (Å²) in [5.74, 6) is -0.0843. The zero-order valence-electron chi connectivity index (χ0n) is 16.9. The lowest BCUT2D eigenvalue weighted by Gasteiger charge is -2.35. The lowest BCUT2D eigenvalue weighted by molar-refractivity contribution is -0.136. The first kappa shape index (κ1) is 19.9. The minimum Gasteiger partial charge on any atom is -0.345 e. The number of unbranched alkanes of at least 4 members (excludes halogenated alkanes) is 1.